The predicted molar refractivity (Wildman–Crippen MR) is 92.0 cm³/mol. The van der Waals surface area contributed by atoms with Gasteiger partial charge in [0.25, 0.3) is 0 Å². The predicted octanol–water partition coefficient (Wildman–Crippen LogP) is 1.81. The molecule has 8 nitrogen and oxygen atoms in total. The maximum atomic E-state index is 12.4. The van der Waals surface area contributed by atoms with Gasteiger partial charge in [-0.3, -0.25) is 14.6 Å². The topological polar surface area (TPSA) is 87.6 Å². The van der Waals surface area contributed by atoms with Crippen LogP contribution in [0.15, 0.2) is 21.2 Å². The van der Waals surface area contributed by atoms with Crippen molar-refractivity contribution in [1.29, 1.82) is 0 Å². The molecule has 2 unspecified atom stereocenters. The molecule has 1 amide bonds. The van der Waals surface area contributed by atoms with E-state index < -0.39 is 0 Å². The smallest absolute Gasteiger partial charge is 0.242 e. The number of carbonyl (C=O) groups is 1. The number of hydrogen-bond acceptors (Lipinski definition) is 7. The molecule has 2 aromatic rings. The molecular formula is C17H25N5O3. The van der Waals surface area contributed by atoms with Gasteiger partial charge in [-0.25, -0.2) is 4.98 Å². The first-order valence-corrected chi connectivity index (χ1v) is 8.52. The van der Waals surface area contributed by atoms with Crippen molar-refractivity contribution in [3.63, 3.8) is 0 Å². The number of nitrogens with one attached hydrogen (secondary N) is 1. The van der Waals surface area contributed by atoms with Gasteiger partial charge in [-0.05, 0) is 34.2 Å². The van der Waals surface area contributed by atoms with Gasteiger partial charge in [0, 0.05) is 25.2 Å². The maximum absolute atomic E-state index is 12.4. The SMILES string of the molecule is Cc1cc(NC(=O)C(C)N2CCC(N(C)Cc3ncc(C)o3)C2)no1. The van der Waals surface area contributed by atoms with Crippen molar-refractivity contribution < 1.29 is 13.7 Å². The summed E-state index contributed by atoms with van der Waals surface area (Å²) < 4.78 is 10.5. The fraction of sp³-hybridized carbons (Fsp3) is 0.588. The third kappa shape index (κ3) is 4.26. The van der Waals surface area contributed by atoms with E-state index in [9.17, 15) is 4.79 Å². The van der Waals surface area contributed by atoms with Crippen LogP contribution < -0.4 is 5.32 Å². The van der Waals surface area contributed by atoms with Crippen molar-refractivity contribution in [2.75, 3.05) is 25.5 Å². The Morgan fingerprint density at radius 1 is 1.48 bits per heavy atom. The van der Waals surface area contributed by atoms with E-state index >= 15 is 0 Å². The lowest BCUT2D eigenvalue weighted by molar-refractivity contribution is -0.120. The third-order valence-corrected chi connectivity index (χ3v) is 4.68. The number of anilines is 1. The van der Waals surface area contributed by atoms with Crippen LogP contribution in [-0.2, 0) is 11.3 Å². The molecule has 0 radical (unpaired) electrons. The first-order valence-electron chi connectivity index (χ1n) is 8.52. The highest BCUT2D eigenvalue weighted by Crippen LogP contribution is 2.19. The zero-order valence-corrected chi connectivity index (χ0v) is 15.2. The second-order valence-electron chi connectivity index (χ2n) is 6.71. The molecule has 0 aliphatic carbocycles. The highest BCUT2D eigenvalue weighted by molar-refractivity contribution is 5.93. The van der Waals surface area contributed by atoms with Crippen molar-refractivity contribution in [3.05, 3.63) is 29.7 Å². The van der Waals surface area contributed by atoms with E-state index in [1.807, 2.05) is 13.8 Å². The molecule has 1 N–H and O–H groups in total. The number of carbonyl (C=O) groups excluding carboxylic acids is 1. The summed E-state index contributed by atoms with van der Waals surface area (Å²) in [5.74, 6) is 2.62. The highest BCUT2D eigenvalue weighted by Gasteiger charge is 2.32. The van der Waals surface area contributed by atoms with Crippen LogP contribution in [0.4, 0.5) is 5.82 Å². The largest absolute Gasteiger partial charge is 0.445 e. The van der Waals surface area contributed by atoms with Crippen molar-refractivity contribution in [3.8, 4) is 0 Å². The Morgan fingerprint density at radius 2 is 2.28 bits per heavy atom. The minimum absolute atomic E-state index is 0.0695. The molecule has 1 fully saturated rings. The van der Waals surface area contributed by atoms with E-state index in [1.54, 1.807) is 19.2 Å². The summed E-state index contributed by atoms with van der Waals surface area (Å²) >= 11 is 0. The van der Waals surface area contributed by atoms with E-state index in [2.05, 4.69) is 32.3 Å². The van der Waals surface area contributed by atoms with Crippen LogP contribution in [0, 0.1) is 13.8 Å². The maximum Gasteiger partial charge on any atom is 0.242 e. The minimum Gasteiger partial charge on any atom is -0.445 e. The van der Waals surface area contributed by atoms with Gasteiger partial charge < -0.3 is 14.3 Å². The zero-order valence-electron chi connectivity index (χ0n) is 15.2. The van der Waals surface area contributed by atoms with E-state index in [0.717, 1.165) is 31.2 Å². The van der Waals surface area contributed by atoms with Gasteiger partial charge in [-0.1, -0.05) is 5.16 Å². The number of aromatic nitrogens is 2. The van der Waals surface area contributed by atoms with Crippen molar-refractivity contribution in [2.24, 2.45) is 0 Å². The number of hydrogen-bond donors (Lipinski definition) is 1. The van der Waals surface area contributed by atoms with Gasteiger partial charge in [0.2, 0.25) is 11.8 Å². The van der Waals surface area contributed by atoms with E-state index in [0.29, 0.717) is 24.2 Å². The average Bonchev–Trinajstić information content (AvgIpc) is 3.28. The van der Waals surface area contributed by atoms with Gasteiger partial charge in [-0.15, -0.1) is 0 Å². The van der Waals surface area contributed by atoms with Gasteiger partial charge in [0.05, 0.1) is 18.8 Å². The number of likely N-dealkylation sites (tertiary alicyclic amines) is 1. The van der Waals surface area contributed by atoms with Crippen molar-refractivity contribution in [1.82, 2.24) is 19.9 Å². The number of aryl methyl sites for hydroxylation is 2. The molecular weight excluding hydrogens is 322 g/mol. The molecule has 1 aliphatic heterocycles. The summed E-state index contributed by atoms with van der Waals surface area (Å²) in [6.07, 6.45) is 2.75. The van der Waals surface area contributed by atoms with Crippen LogP contribution in [-0.4, -0.2) is 58.1 Å². The number of oxazole rings is 1. The fourth-order valence-electron chi connectivity index (χ4n) is 3.12. The molecule has 136 valence electrons. The standard InChI is InChI=1S/C17H25N5O3/c1-11-7-15(20-25-11)19-17(23)13(3)22-6-5-14(9-22)21(4)10-16-18-8-12(2)24-16/h7-8,13-14H,5-6,9-10H2,1-4H3,(H,19,20,23). The van der Waals surface area contributed by atoms with Crippen LogP contribution in [0.2, 0.25) is 0 Å². The second-order valence-corrected chi connectivity index (χ2v) is 6.71. The second kappa shape index (κ2) is 7.37. The van der Waals surface area contributed by atoms with Crippen LogP contribution >= 0.6 is 0 Å². The lowest BCUT2D eigenvalue weighted by Crippen LogP contribution is -2.42. The zero-order chi connectivity index (χ0) is 18.0. The molecule has 1 saturated heterocycles. The molecule has 0 spiro atoms. The Bertz CT molecular complexity index is 725. The number of rotatable bonds is 6. The summed E-state index contributed by atoms with van der Waals surface area (Å²) in [5, 5.41) is 6.61. The molecule has 0 bridgehead atoms. The summed E-state index contributed by atoms with van der Waals surface area (Å²) in [7, 11) is 2.07. The molecule has 2 aromatic heterocycles. The van der Waals surface area contributed by atoms with E-state index in [4.69, 9.17) is 8.94 Å². The molecule has 25 heavy (non-hydrogen) atoms. The van der Waals surface area contributed by atoms with Crippen LogP contribution in [0.5, 0.6) is 0 Å². The Balaban J connectivity index is 1.51. The molecule has 1 aliphatic rings. The van der Waals surface area contributed by atoms with Gasteiger partial charge in [0.15, 0.2) is 5.82 Å². The number of nitrogens with zero attached hydrogens (tertiary/aromatic N) is 4. The number of amides is 1. The van der Waals surface area contributed by atoms with Crippen LogP contribution in [0.25, 0.3) is 0 Å². The molecule has 3 rings (SSSR count). The fourth-order valence-corrected chi connectivity index (χ4v) is 3.12. The van der Waals surface area contributed by atoms with Crippen LogP contribution in [0.3, 0.4) is 0 Å². The van der Waals surface area contributed by atoms with Gasteiger partial charge in [-0.2, -0.15) is 0 Å². The summed E-state index contributed by atoms with van der Waals surface area (Å²) in [5.41, 5.74) is 0. The third-order valence-electron chi connectivity index (χ3n) is 4.68. The molecule has 3 heterocycles. The Labute approximate surface area is 147 Å². The first kappa shape index (κ1) is 17.6. The normalized spacial score (nSPS) is 19.5. The minimum atomic E-state index is -0.223. The molecule has 8 heteroatoms. The van der Waals surface area contributed by atoms with Gasteiger partial charge >= 0.3 is 0 Å². The molecule has 2 atom stereocenters. The molecule has 0 saturated carbocycles. The van der Waals surface area contributed by atoms with E-state index in [-0.39, 0.29) is 11.9 Å². The van der Waals surface area contributed by atoms with Crippen molar-refractivity contribution >= 4 is 11.7 Å². The Morgan fingerprint density at radius 3 is 2.92 bits per heavy atom. The first-order chi connectivity index (χ1) is 11.9. The monoisotopic (exact) mass is 347 g/mol. The summed E-state index contributed by atoms with van der Waals surface area (Å²) in [6.45, 7) is 7.99. The summed E-state index contributed by atoms with van der Waals surface area (Å²) in [4.78, 5) is 21.1. The lowest BCUT2D eigenvalue weighted by Gasteiger charge is -2.26. The number of likely N-dealkylation sites (N-methyl/N-ethyl adjacent to an activating group) is 1. The highest BCUT2D eigenvalue weighted by atomic mass is 16.5. The van der Waals surface area contributed by atoms with Crippen LogP contribution in [0.1, 0.15) is 30.8 Å². The van der Waals surface area contributed by atoms with E-state index in [1.165, 1.54) is 0 Å². The Hall–Kier alpha value is -2.19. The lowest BCUT2D eigenvalue weighted by atomic mass is 10.2. The molecule has 0 aromatic carbocycles. The quantitative estimate of drug-likeness (QED) is 0.852. The average molecular weight is 347 g/mol. The Kier molecular flexibility index (Phi) is 5.19. The summed E-state index contributed by atoms with van der Waals surface area (Å²) in [6, 6.07) is 1.86. The van der Waals surface area contributed by atoms with Crippen molar-refractivity contribution in [2.45, 2.75) is 45.8 Å². The van der Waals surface area contributed by atoms with Gasteiger partial charge in [0.1, 0.15) is 11.5 Å².